The van der Waals surface area contributed by atoms with Crippen molar-refractivity contribution < 1.29 is 9.53 Å². The van der Waals surface area contributed by atoms with Crippen LogP contribution in [0.25, 0.3) is 10.8 Å². The monoisotopic (exact) mass is 338 g/mol. The number of rotatable bonds is 5. The number of fused-ring (bicyclic) bond motifs is 1. The third-order valence-corrected chi connectivity index (χ3v) is 3.58. The molecule has 3 rings (SSSR count). The summed E-state index contributed by atoms with van der Waals surface area (Å²) in [5.41, 5.74) is 3.22. The van der Waals surface area contributed by atoms with Gasteiger partial charge in [0.25, 0.3) is 5.91 Å². The average molecular weight is 339 g/mol. The molecule has 0 spiro atoms. The van der Waals surface area contributed by atoms with Crippen LogP contribution in [-0.2, 0) is 4.79 Å². The Bertz CT molecular complexity index is 893. The Hall–Kier alpha value is -2.85. The lowest BCUT2D eigenvalue weighted by molar-refractivity contribution is -0.123. The first-order chi connectivity index (χ1) is 11.7. The highest BCUT2D eigenvalue weighted by molar-refractivity contribution is 6.30. The van der Waals surface area contributed by atoms with E-state index >= 15 is 0 Å². The van der Waals surface area contributed by atoms with Crippen molar-refractivity contribution >= 4 is 34.5 Å². The molecule has 120 valence electrons. The summed E-state index contributed by atoms with van der Waals surface area (Å²) in [7, 11) is 0. The van der Waals surface area contributed by atoms with Crippen molar-refractivity contribution in [2.45, 2.75) is 0 Å². The number of halogens is 1. The van der Waals surface area contributed by atoms with Crippen molar-refractivity contribution in [1.29, 1.82) is 0 Å². The normalized spacial score (nSPS) is 10.9. The van der Waals surface area contributed by atoms with Crippen LogP contribution in [0.15, 0.2) is 71.8 Å². The minimum Gasteiger partial charge on any atom is -0.484 e. The molecule has 24 heavy (non-hydrogen) atoms. The molecule has 0 atom stereocenters. The lowest BCUT2D eigenvalue weighted by Gasteiger charge is -2.06. The number of nitrogens with one attached hydrogen (secondary N) is 1. The van der Waals surface area contributed by atoms with Gasteiger partial charge in [-0.1, -0.05) is 54.1 Å². The largest absolute Gasteiger partial charge is 0.484 e. The Morgan fingerprint density at radius 3 is 2.71 bits per heavy atom. The highest BCUT2D eigenvalue weighted by Gasteiger charge is 2.02. The number of ether oxygens (including phenoxy) is 1. The maximum atomic E-state index is 11.8. The molecule has 0 radical (unpaired) electrons. The highest BCUT2D eigenvalue weighted by Crippen LogP contribution is 2.20. The maximum Gasteiger partial charge on any atom is 0.277 e. The topological polar surface area (TPSA) is 50.7 Å². The number of amides is 1. The molecule has 5 heteroatoms. The van der Waals surface area contributed by atoms with E-state index < -0.39 is 0 Å². The summed E-state index contributed by atoms with van der Waals surface area (Å²) in [4.78, 5) is 11.8. The van der Waals surface area contributed by atoms with Crippen LogP contribution in [0.5, 0.6) is 5.75 Å². The molecule has 0 aliphatic carbocycles. The zero-order chi connectivity index (χ0) is 16.8. The molecule has 0 saturated carbocycles. The van der Waals surface area contributed by atoms with E-state index in [2.05, 4.69) is 10.5 Å². The molecular formula is C19H15ClN2O2. The van der Waals surface area contributed by atoms with E-state index in [1.54, 1.807) is 12.1 Å². The van der Waals surface area contributed by atoms with Gasteiger partial charge in [-0.3, -0.25) is 4.79 Å². The second kappa shape index (κ2) is 7.62. The van der Waals surface area contributed by atoms with Crippen LogP contribution in [0.2, 0.25) is 5.02 Å². The summed E-state index contributed by atoms with van der Waals surface area (Å²) in [5, 5.41) is 6.69. The van der Waals surface area contributed by atoms with Gasteiger partial charge in [-0.25, -0.2) is 5.43 Å². The summed E-state index contributed by atoms with van der Waals surface area (Å²) in [5.74, 6) is 0.309. The predicted octanol–water partition coefficient (Wildman–Crippen LogP) is 4.02. The fraction of sp³-hybridized carbons (Fsp3) is 0.0526. The Morgan fingerprint density at radius 1 is 1.04 bits per heavy atom. The first-order valence-electron chi connectivity index (χ1n) is 7.40. The molecule has 1 N–H and O–H groups in total. The Balaban J connectivity index is 1.53. The molecule has 0 aliphatic rings. The number of benzene rings is 3. The molecule has 3 aromatic carbocycles. The molecule has 0 aliphatic heterocycles. The number of hydrazone groups is 1. The molecule has 0 fully saturated rings. The molecular weight excluding hydrogens is 324 g/mol. The summed E-state index contributed by atoms with van der Waals surface area (Å²) < 4.78 is 5.49. The van der Waals surface area contributed by atoms with Crippen LogP contribution in [0.3, 0.4) is 0 Å². The van der Waals surface area contributed by atoms with E-state index in [0.717, 1.165) is 16.3 Å². The van der Waals surface area contributed by atoms with Gasteiger partial charge in [0.2, 0.25) is 0 Å². The maximum absolute atomic E-state index is 11.8. The van der Waals surface area contributed by atoms with Crippen molar-refractivity contribution in [3.05, 3.63) is 77.3 Å². The Labute approximate surface area is 144 Å². The standard InChI is InChI=1S/C19H15ClN2O2/c20-17-7-3-4-14(10-17)12-21-22-19(23)13-24-18-9-8-15-5-1-2-6-16(15)11-18/h1-12H,13H2,(H,22,23)/b21-12+. The SMILES string of the molecule is O=C(COc1ccc2ccccc2c1)N/N=C/c1cccc(Cl)c1. The van der Waals surface area contributed by atoms with Gasteiger partial charge in [0, 0.05) is 5.02 Å². The van der Waals surface area contributed by atoms with Crippen LogP contribution in [0, 0.1) is 0 Å². The summed E-state index contributed by atoms with van der Waals surface area (Å²) in [6.07, 6.45) is 1.53. The highest BCUT2D eigenvalue weighted by atomic mass is 35.5. The van der Waals surface area contributed by atoms with E-state index in [4.69, 9.17) is 16.3 Å². The van der Waals surface area contributed by atoms with Gasteiger partial charge in [0.1, 0.15) is 5.75 Å². The van der Waals surface area contributed by atoms with E-state index in [1.807, 2.05) is 54.6 Å². The van der Waals surface area contributed by atoms with Crippen LogP contribution in [-0.4, -0.2) is 18.7 Å². The van der Waals surface area contributed by atoms with Gasteiger partial charge in [-0.05, 0) is 40.6 Å². The summed E-state index contributed by atoms with van der Waals surface area (Å²) in [6.45, 7) is -0.106. The minimum absolute atomic E-state index is 0.106. The smallest absolute Gasteiger partial charge is 0.277 e. The van der Waals surface area contributed by atoms with Crippen molar-refractivity contribution in [1.82, 2.24) is 5.43 Å². The van der Waals surface area contributed by atoms with Gasteiger partial charge in [-0.2, -0.15) is 5.10 Å². The lowest BCUT2D eigenvalue weighted by atomic mass is 10.1. The van der Waals surface area contributed by atoms with Crippen LogP contribution >= 0.6 is 11.6 Å². The molecule has 0 aromatic heterocycles. The number of nitrogens with zero attached hydrogens (tertiary/aromatic N) is 1. The number of carbonyl (C=O) groups excluding carboxylic acids is 1. The third kappa shape index (κ3) is 4.33. The molecule has 3 aromatic rings. The number of hydrogen-bond acceptors (Lipinski definition) is 3. The van der Waals surface area contributed by atoms with E-state index in [1.165, 1.54) is 6.21 Å². The molecule has 0 unspecified atom stereocenters. The average Bonchev–Trinajstić information content (AvgIpc) is 2.60. The van der Waals surface area contributed by atoms with E-state index in [9.17, 15) is 4.79 Å². The van der Waals surface area contributed by atoms with Gasteiger partial charge in [-0.15, -0.1) is 0 Å². The van der Waals surface area contributed by atoms with Crippen molar-refractivity contribution in [2.24, 2.45) is 5.10 Å². The van der Waals surface area contributed by atoms with E-state index in [0.29, 0.717) is 10.8 Å². The van der Waals surface area contributed by atoms with Crippen LogP contribution in [0.1, 0.15) is 5.56 Å². The van der Waals surface area contributed by atoms with Crippen molar-refractivity contribution in [3.8, 4) is 5.75 Å². The second-order valence-corrected chi connectivity index (χ2v) is 5.58. The van der Waals surface area contributed by atoms with Crippen molar-refractivity contribution in [2.75, 3.05) is 6.61 Å². The van der Waals surface area contributed by atoms with Gasteiger partial charge in [0.05, 0.1) is 6.21 Å². The molecule has 1 amide bonds. The molecule has 0 heterocycles. The van der Waals surface area contributed by atoms with Gasteiger partial charge < -0.3 is 4.74 Å². The van der Waals surface area contributed by atoms with Gasteiger partial charge in [0.15, 0.2) is 6.61 Å². The fourth-order valence-electron chi connectivity index (χ4n) is 2.20. The van der Waals surface area contributed by atoms with Gasteiger partial charge >= 0.3 is 0 Å². The minimum atomic E-state index is -0.332. The van der Waals surface area contributed by atoms with Crippen molar-refractivity contribution in [3.63, 3.8) is 0 Å². The quantitative estimate of drug-likeness (QED) is 0.564. The summed E-state index contributed by atoms with van der Waals surface area (Å²) >= 11 is 5.88. The second-order valence-electron chi connectivity index (χ2n) is 5.15. The lowest BCUT2D eigenvalue weighted by Crippen LogP contribution is -2.24. The fourth-order valence-corrected chi connectivity index (χ4v) is 2.40. The van der Waals surface area contributed by atoms with Crippen LogP contribution < -0.4 is 10.2 Å². The summed E-state index contributed by atoms with van der Waals surface area (Å²) in [6, 6.07) is 20.8. The first kappa shape index (κ1) is 16.0. The third-order valence-electron chi connectivity index (χ3n) is 3.34. The number of hydrogen-bond donors (Lipinski definition) is 1. The Kier molecular flexibility index (Phi) is 5.08. The van der Waals surface area contributed by atoms with E-state index in [-0.39, 0.29) is 12.5 Å². The van der Waals surface area contributed by atoms with Crippen LogP contribution in [0.4, 0.5) is 0 Å². The zero-order valence-electron chi connectivity index (χ0n) is 12.8. The zero-order valence-corrected chi connectivity index (χ0v) is 13.5. The Morgan fingerprint density at radius 2 is 1.88 bits per heavy atom. The first-order valence-corrected chi connectivity index (χ1v) is 7.77. The molecule has 4 nitrogen and oxygen atoms in total. The molecule has 0 bridgehead atoms. The number of carbonyl (C=O) groups is 1. The molecule has 0 saturated heterocycles. The predicted molar refractivity (Wildman–Crippen MR) is 96.6 cm³/mol.